The fourth-order valence-electron chi connectivity index (χ4n) is 2.21. The van der Waals surface area contributed by atoms with E-state index in [1.165, 1.54) is 18.2 Å². The van der Waals surface area contributed by atoms with Gasteiger partial charge >= 0.3 is 5.69 Å². The average molecular weight is 366 g/mol. The third-order valence-corrected chi connectivity index (χ3v) is 5.20. The first-order valence-electron chi connectivity index (χ1n) is 6.86. The predicted molar refractivity (Wildman–Crippen MR) is 90.7 cm³/mol. The highest BCUT2D eigenvalue weighted by Crippen LogP contribution is 2.17. The second kappa shape index (κ2) is 6.23. The maximum absolute atomic E-state index is 12.4. The number of nitrogens with one attached hydrogen (secondary N) is 3. The zero-order chi connectivity index (χ0) is 17.3. The van der Waals surface area contributed by atoms with E-state index in [0.29, 0.717) is 10.6 Å². The van der Waals surface area contributed by atoms with E-state index < -0.39 is 21.3 Å². The Morgan fingerprint density at radius 1 is 1.04 bits per heavy atom. The lowest BCUT2D eigenvalue weighted by molar-refractivity contribution is 0.581. The molecule has 0 fully saturated rings. The molecule has 3 N–H and O–H groups in total. The number of hydrogen-bond acceptors (Lipinski definition) is 4. The van der Waals surface area contributed by atoms with Crippen LogP contribution in [0.5, 0.6) is 0 Å². The molecule has 0 saturated heterocycles. The first-order chi connectivity index (χ1) is 11.4. The minimum Gasteiger partial charge on any atom is -0.307 e. The molecular formula is C15H12ClN3O4S. The normalized spacial score (nSPS) is 11.7. The lowest BCUT2D eigenvalue weighted by Crippen LogP contribution is -2.25. The molecule has 0 aliphatic carbocycles. The lowest BCUT2D eigenvalue weighted by atomic mass is 10.2. The molecule has 9 heteroatoms. The van der Waals surface area contributed by atoms with Gasteiger partial charge in [-0.1, -0.05) is 29.8 Å². The quantitative estimate of drug-likeness (QED) is 0.647. The molecule has 1 heterocycles. The Balaban J connectivity index is 1.95. The minimum absolute atomic E-state index is 0.0159. The van der Waals surface area contributed by atoms with E-state index in [9.17, 15) is 18.0 Å². The predicted octanol–water partition coefficient (Wildman–Crippen LogP) is 1.35. The number of fused-ring (bicyclic) bond motifs is 1. The standard InChI is InChI=1S/C15H12ClN3O4S/c16-12-4-2-1-3-9(12)8-17-24(22,23)10-5-6-13-11(7-10)14(20)19-15(21)18-13/h1-7,17H,8H2,(H2,18,19,20,21). The zero-order valence-electron chi connectivity index (χ0n) is 12.2. The maximum Gasteiger partial charge on any atom is 0.326 e. The number of rotatable bonds is 4. The van der Waals surface area contributed by atoms with Crippen LogP contribution in [0.3, 0.4) is 0 Å². The monoisotopic (exact) mass is 365 g/mol. The molecule has 0 atom stereocenters. The van der Waals surface area contributed by atoms with Crippen LogP contribution in [0.4, 0.5) is 0 Å². The van der Waals surface area contributed by atoms with E-state index in [4.69, 9.17) is 11.6 Å². The molecule has 24 heavy (non-hydrogen) atoms. The summed E-state index contributed by atoms with van der Waals surface area (Å²) < 4.78 is 27.2. The van der Waals surface area contributed by atoms with Gasteiger partial charge in [0.05, 0.1) is 15.8 Å². The molecule has 7 nitrogen and oxygen atoms in total. The van der Waals surface area contributed by atoms with Crippen LogP contribution in [0.1, 0.15) is 5.56 Å². The van der Waals surface area contributed by atoms with Crippen molar-refractivity contribution >= 4 is 32.5 Å². The summed E-state index contributed by atoms with van der Waals surface area (Å²) in [6.07, 6.45) is 0. The number of halogens is 1. The number of aromatic amines is 2. The highest BCUT2D eigenvalue weighted by molar-refractivity contribution is 7.89. The van der Waals surface area contributed by atoms with E-state index in [2.05, 4.69) is 14.7 Å². The van der Waals surface area contributed by atoms with Gasteiger partial charge in [0.1, 0.15) is 0 Å². The number of sulfonamides is 1. The topological polar surface area (TPSA) is 112 Å². The first kappa shape index (κ1) is 16.4. The molecule has 0 aliphatic rings. The fourth-order valence-corrected chi connectivity index (χ4v) is 3.44. The highest BCUT2D eigenvalue weighted by Gasteiger charge is 2.16. The van der Waals surface area contributed by atoms with Crippen molar-refractivity contribution in [2.45, 2.75) is 11.4 Å². The summed E-state index contributed by atoms with van der Waals surface area (Å²) in [5.41, 5.74) is -0.420. The third-order valence-electron chi connectivity index (χ3n) is 3.43. The van der Waals surface area contributed by atoms with Gasteiger partial charge in [-0.25, -0.2) is 17.9 Å². The fraction of sp³-hybridized carbons (Fsp3) is 0.0667. The van der Waals surface area contributed by atoms with Crippen LogP contribution in [0.2, 0.25) is 5.02 Å². The van der Waals surface area contributed by atoms with Crippen LogP contribution < -0.4 is 16.0 Å². The molecule has 0 radical (unpaired) electrons. The SMILES string of the molecule is O=c1[nH]c(=O)c2cc(S(=O)(=O)NCc3ccccc3Cl)ccc2[nH]1. The van der Waals surface area contributed by atoms with Crippen molar-refractivity contribution in [2.24, 2.45) is 0 Å². The molecule has 2 aromatic carbocycles. The average Bonchev–Trinajstić information content (AvgIpc) is 2.53. The van der Waals surface area contributed by atoms with Gasteiger partial charge in [-0.15, -0.1) is 0 Å². The van der Waals surface area contributed by atoms with Crippen LogP contribution in [-0.2, 0) is 16.6 Å². The second-order valence-electron chi connectivity index (χ2n) is 5.03. The molecule has 0 bridgehead atoms. The Morgan fingerprint density at radius 3 is 2.54 bits per heavy atom. The molecule has 0 spiro atoms. The van der Waals surface area contributed by atoms with Gasteiger partial charge in [-0.3, -0.25) is 9.78 Å². The van der Waals surface area contributed by atoms with Gasteiger partial charge < -0.3 is 4.98 Å². The van der Waals surface area contributed by atoms with Crippen molar-refractivity contribution in [1.29, 1.82) is 0 Å². The Labute approximate surface area is 141 Å². The molecule has 0 amide bonds. The van der Waals surface area contributed by atoms with Gasteiger partial charge in [-0.05, 0) is 29.8 Å². The first-order valence-corrected chi connectivity index (χ1v) is 8.72. The Bertz CT molecular complexity index is 1140. The second-order valence-corrected chi connectivity index (χ2v) is 7.21. The molecule has 3 rings (SSSR count). The van der Waals surface area contributed by atoms with E-state index in [1.54, 1.807) is 24.3 Å². The van der Waals surface area contributed by atoms with Crippen molar-refractivity contribution in [1.82, 2.24) is 14.7 Å². The Hall–Kier alpha value is -2.42. The molecule has 0 unspecified atom stereocenters. The van der Waals surface area contributed by atoms with Crippen LogP contribution in [0, 0.1) is 0 Å². The molecular weight excluding hydrogens is 354 g/mol. The van der Waals surface area contributed by atoms with E-state index in [1.807, 2.05) is 0 Å². The third kappa shape index (κ3) is 3.25. The molecule has 3 aromatic rings. The lowest BCUT2D eigenvalue weighted by Gasteiger charge is -2.08. The van der Waals surface area contributed by atoms with Gasteiger partial charge in [0, 0.05) is 11.6 Å². The van der Waals surface area contributed by atoms with E-state index in [-0.39, 0.29) is 22.3 Å². The van der Waals surface area contributed by atoms with Gasteiger partial charge in [0.2, 0.25) is 10.0 Å². The number of benzene rings is 2. The number of aromatic nitrogens is 2. The number of H-pyrrole nitrogens is 2. The summed E-state index contributed by atoms with van der Waals surface area (Å²) in [6.45, 7) is 0.0159. The van der Waals surface area contributed by atoms with Crippen LogP contribution in [0.25, 0.3) is 10.9 Å². The van der Waals surface area contributed by atoms with Gasteiger partial charge in [0.15, 0.2) is 0 Å². The Kier molecular flexibility index (Phi) is 4.27. The van der Waals surface area contributed by atoms with E-state index >= 15 is 0 Å². The van der Waals surface area contributed by atoms with Crippen LogP contribution in [-0.4, -0.2) is 18.4 Å². The van der Waals surface area contributed by atoms with Gasteiger partial charge in [-0.2, -0.15) is 0 Å². The van der Waals surface area contributed by atoms with Crippen LogP contribution in [0.15, 0.2) is 56.9 Å². The highest BCUT2D eigenvalue weighted by atomic mass is 35.5. The van der Waals surface area contributed by atoms with Crippen LogP contribution >= 0.6 is 11.6 Å². The molecule has 124 valence electrons. The van der Waals surface area contributed by atoms with E-state index in [0.717, 1.165) is 0 Å². The summed E-state index contributed by atoms with van der Waals surface area (Å²) in [6, 6.07) is 10.8. The van der Waals surface area contributed by atoms with Crippen molar-refractivity contribution < 1.29 is 8.42 Å². The van der Waals surface area contributed by atoms with Gasteiger partial charge in [0.25, 0.3) is 5.56 Å². The minimum atomic E-state index is -3.85. The van der Waals surface area contributed by atoms with Crippen molar-refractivity contribution in [3.05, 3.63) is 73.9 Å². The largest absolute Gasteiger partial charge is 0.326 e. The molecule has 0 aliphatic heterocycles. The smallest absolute Gasteiger partial charge is 0.307 e. The summed E-state index contributed by atoms with van der Waals surface area (Å²) in [5, 5.41) is 0.531. The summed E-state index contributed by atoms with van der Waals surface area (Å²) >= 11 is 6.00. The zero-order valence-corrected chi connectivity index (χ0v) is 13.7. The Morgan fingerprint density at radius 2 is 1.79 bits per heavy atom. The summed E-state index contributed by atoms with van der Waals surface area (Å²) in [7, 11) is -3.85. The van der Waals surface area contributed by atoms with Crippen molar-refractivity contribution in [3.8, 4) is 0 Å². The molecule has 1 aromatic heterocycles. The summed E-state index contributed by atoms with van der Waals surface area (Å²) in [5.74, 6) is 0. The number of hydrogen-bond donors (Lipinski definition) is 3. The maximum atomic E-state index is 12.4. The summed E-state index contributed by atoms with van der Waals surface area (Å²) in [4.78, 5) is 27.4. The van der Waals surface area contributed by atoms with Crippen molar-refractivity contribution in [2.75, 3.05) is 0 Å². The molecule has 0 saturated carbocycles. The van der Waals surface area contributed by atoms with Crippen molar-refractivity contribution in [3.63, 3.8) is 0 Å².